The van der Waals surface area contributed by atoms with E-state index in [1.54, 1.807) is 7.11 Å². The molecule has 0 saturated heterocycles. The monoisotopic (exact) mass is 223 g/mol. The Morgan fingerprint density at radius 1 is 1.38 bits per heavy atom. The molecule has 0 bridgehead atoms. The van der Waals surface area contributed by atoms with E-state index in [-0.39, 0.29) is 0 Å². The summed E-state index contributed by atoms with van der Waals surface area (Å²) in [5, 5.41) is 0. The molecule has 0 radical (unpaired) electrons. The van der Waals surface area contributed by atoms with Gasteiger partial charge >= 0.3 is 0 Å². The molecule has 0 aliphatic carbocycles. The van der Waals surface area contributed by atoms with Crippen molar-refractivity contribution >= 4 is 0 Å². The van der Waals surface area contributed by atoms with Crippen molar-refractivity contribution < 1.29 is 9.47 Å². The number of nitrogens with two attached hydrogens (primary N) is 1. The Hall–Kier alpha value is -1.06. The molecule has 0 aromatic heterocycles. The van der Waals surface area contributed by atoms with Gasteiger partial charge in [-0.15, -0.1) is 0 Å². The molecule has 1 atom stereocenters. The topological polar surface area (TPSA) is 44.5 Å². The van der Waals surface area contributed by atoms with Gasteiger partial charge in [-0.25, -0.2) is 0 Å². The van der Waals surface area contributed by atoms with E-state index in [2.05, 4.69) is 12.1 Å². The van der Waals surface area contributed by atoms with Crippen LogP contribution in [0.4, 0.5) is 0 Å². The third-order valence-electron chi connectivity index (χ3n) is 2.47. The molecule has 1 aromatic carbocycles. The molecule has 0 saturated carbocycles. The highest BCUT2D eigenvalue weighted by atomic mass is 16.5. The maximum atomic E-state index is 5.69. The van der Waals surface area contributed by atoms with E-state index < -0.39 is 0 Å². The summed E-state index contributed by atoms with van der Waals surface area (Å²) in [5.41, 5.74) is 6.94. The second-order valence-electron chi connectivity index (χ2n) is 3.84. The van der Waals surface area contributed by atoms with Gasteiger partial charge in [-0.3, -0.25) is 0 Å². The van der Waals surface area contributed by atoms with Crippen LogP contribution in [0.3, 0.4) is 0 Å². The molecular formula is C13H21NO2. The lowest BCUT2D eigenvalue weighted by Crippen LogP contribution is -2.21. The van der Waals surface area contributed by atoms with Crippen LogP contribution in [-0.4, -0.2) is 26.9 Å². The summed E-state index contributed by atoms with van der Waals surface area (Å²) in [6, 6.07) is 8.16. The van der Waals surface area contributed by atoms with Crippen molar-refractivity contribution in [3.63, 3.8) is 0 Å². The Kier molecular flexibility index (Phi) is 5.90. The molecule has 1 unspecified atom stereocenters. The number of methoxy groups -OCH3 is 1. The van der Waals surface area contributed by atoms with Gasteiger partial charge in [0.25, 0.3) is 0 Å². The molecular weight excluding hydrogens is 202 g/mol. The summed E-state index contributed by atoms with van der Waals surface area (Å²) in [5.74, 6) is 1.30. The van der Waals surface area contributed by atoms with Crippen LogP contribution in [0.2, 0.25) is 0 Å². The van der Waals surface area contributed by atoms with E-state index in [1.165, 1.54) is 5.56 Å². The average molecular weight is 223 g/mol. The third-order valence-corrected chi connectivity index (χ3v) is 2.47. The number of ether oxygens (including phenoxy) is 2. The van der Waals surface area contributed by atoms with E-state index in [0.717, 1.165) is 12.2 Å². The lowest BCUT2D eigenvalue weighted by atomic mass is 10.00. The van der Waals surface area contributed by atoms with Crippen molar-refractivity contribution in [1.82, 2.24) is 0 Å². The van der Waals surface area contributed by atoms with Crippen LogP contribution < -0.4 is 10.5 Å². The number of hydrogen-bond acceptors (Lipinski definition) is 3. The lowest BCUT2D eigenvalue weighted by Gasteiger charge is -2.14. The van der Waals surface area contributed by atoms with Crippen LogP contribution in [0.1, 0.15) is 12.5 Å². The molecule has 0 aliphatic heterocycles. The second-order valence-corrected chi connectivity index (χ2v) is 3.84. The van der Waals surface area contributed by atoms with Crippen LogP contribution >= 0.6 is 0 Å². The number of benzene rings is 1. The molecule has 1 rings (SSSR count). The molecule has 2 N–H and O–H groups in total. The van der Waals surface area contributed by atoms with Crippen LogP contribution in [-0.2, 0) is 11.2 Å². The first-order chi connectivity index (χ1) is 7.80. The minimum Gasteiger partial charge on any atom is -0.494 e. The summed E-state index contributed by atoms with van der Waals surface area (Å²) < 4.78 is 10.6. The predicted molar refractivity (Wildman–Crippen MR) is 65.7 cm³/mol. The van der Waals surface area contributed by atoms with E-state index in [1.807, 2.05) is 19.1 Å². The van der Waals surface area contributed by atoms with Gasteiger partial charge in [0.05, 0.1) is 13.2 Å². The number of rotatable bonds is 7. The maximum absolute atomic E-state index is 5.69. The number of hydrogen-bond donors (Lipinski definition) is 1. The van der Waals surface area contributed by atoms with Crippen molar-refractivity contribution in [2.75, 3.05) is 26.9 Å². The van der Waals surface area contributed by atoms with Gasteiger partial charge in [0.1, 0.15) is 5.75 Å². The highest BCUT2D eigenvalue weighted by Gasteiger charge is 2.07. The molecule has 3 nitrogen and oxygen atoms in total. The summed E-state index contributed by atoms with van der Waals surface area (Å²) in [6.07, 6.45) is 0.936. The van der Waals surface area contributed by atoms with Crippen LogP contribution in [0.15, 0.2) is 24.3 Å². The Morgan fingerprint density at radius 2 is 2.19 bits per heavy atom. The van der Waals surface area contributed by atoms with Gasteiger partial charge in [0.15, 0.2) is 0 Å². The van der Waals surface area contributed by atoms with E-state index >= 15 is 0 Å². The summed E-state index contributed by atoms with van der Waals surface area (Å²) in [7, 11) is 1.71. The highest BCUT2D eigenvalue weighted by Crippen LogP contribution is 2.16. The summed E-state index contributed by atoms with van der Waals surface area (Å²) in [4.78, 5) is 0. The van der Waals surface area contributed by atoms with Gasteiger partial charge in [0, 0.05) is 7.11 Å². The molecule has 16 heavy (non-hydrogen) atoms. The predicted octanol–water partition coefficient (Wildman–Crippen LogP) is 1.85. The minimum absolute atomic E-state index is 0.377. The minimum atomic E-state index is 0.377. The van der Waals surface area contributed by atoms with Crippen molar-refractivity contribution in [2.24, 2.45) is 11.7 Å². The SMILES string of the molecule is CCOc1cccc(CC(CN)COC)c1. The smallest absolute Gasteiger partial charge is 0.119 e. The Morgan fingerprint density at radius 3 is 2.81 bits per heavy atom. The van der Waals surface area contributed by atoms with Gasteiger partial charge in [0.2, 0.25) is 0 Å². The first kappa shape index (κ1) is 13.0. The fraction of sp³-hybridized carbons (Fsp3) is 0.538. The van der Waals surface area contributed by atoms with Crippen LogP contribution in [0, 0.1) is 5.92 Å². The zero-order valence-corrected chi connectivity index (χ0v) is 10.1. The Bertz CT molecular complexity index is 302. The quantitative estimate of drug-likeness (QED) is 0.767. The van der Waals surface area contributed by atoms with Gasteiger partial charge in [-0.1, -0.05) is 12.1 Å². The van der Waals surface area contributed by atoms with E-state index in [9.17, 15) is 0 Å². The second kappa shape index (κ2) is 7.25. The third kappa shape index (κ3) is 4.21. The average Bonchev–Trinajstić information content (AvgIpc) is 2.29. The van der Waals surface area contributed by atoms with Crippen molar-refractivity contribution in [3.8, 4) is 5.75 Å². The Labute approximate surface area is 97.6 Å². The van der Waals surface area contributed by atoms with E-state index in [0.29, 0.717) is 25.7 Å². The molecule has 3 heteroatoms. The first-order valence-electron chi connectivity index (χ1n) is 5.70. The van der Waals surface area contributed by atoms with Gasteiger partial charge in [-0.05, 0) is 43.5 Å². The molecule has 1 aromatic rings. The normalized spacial score (nSPS) is 12.4. The maximum Gasteiger partial charge on any atom is 0.119 e. The fourth-order valence-corrected chi connectivity index (χ4v) is 1.71. The molecule has 0 amide bonds. The fourth-order valence-electron chi connectivity index (χ4n) is 1.71. The van der Waals surface area contributed by atoms with E-state index in [4.69, 9.17) is 15.2 Å². The van der Waals surface area contributed by atoms with Gasteiger partial charge in [-0.2, -0.15) is 0 Å². The van der Waals surface area contributed by atoms with Crippen LogP contribution in [0.25, 0.3) is 0 Å². The first-order valence-corrected chi connectivity index (χ1v) is 5.70. The largest absolute Gasteiger partial charge is 0.494 e. The summed E-state index contributed by atoms with van der Waals surface area (Å²) in [6.45, 7) is 4.03. The van der Waals surface area contributed by atoms with Crippen molar-refractivity contribution in [1.29, 1.82) is 0 Å². The van der Waals surface area contributed by atoms with Crippen molar-refractivity contribution in [2.45, 2.75) is 13.3 Å². The molecule has 0 aliphatic rings. The Balaban J connectivity index is 2.60. The zero-order chi connectivity index (χ0) is 11.8. The molecule has 0 spiro atoms. The zero-order valence-electron chi connectivity index (χ0n) is 10.1. The lowest BCUT2D eigenvalue weighted by molar-refractivity contribution is 0.155. The molecule has 0 fully saturated rings. The molecule has 90 valence electrons. The van der Waals surface area contributed by atoms with Gasteiger partial charge < -0.3 is 15.2 Å². The van der Waals surface area contributed by atoms with Crippen LogP contribution in [0.5, 0.6) is 5.75 Å². The molecule has 0 heterocycles. The highest BCUT2D eigenvalue weighted by molar-refractivity contribution is 5.28. The summed E-state index contributed by atoms with van der Waals surface area (Å²) >= 11 is 0. The van der Waals surface area contributed by atoms with Crippen molar-refractivity contribution in [3.05, 3.63) is 29.8 Å². The standard InChI is InChI=1S/C13H21NO2/c1-3-16-13-6-4-5-11(8-13)7-12(9-14)10-15-2/h4-6,8,12H,3,7,9-10,14H2,1-2H3.